The Morgan fingerprint density at radius 2 is 1.92 bits per heavy atom. The van der Waals surface area contributed by atoms with Gasteiger partial charge in [0, 0.05) is 10.6 Å². The van der Waals surface area contributed by atoms with Crippen LogP contribution in [0, 0.1) is 0 Å². The standard InChI is InChI=1S/C10H6Cl2O/c11-8-5-6-3-1-2-4-7(6)10(13)9(8)12/h1-5,9H. The van der Waals surface area contributed by atoms with Gasteiger partial charge in [0.1, 0.15) is 5.38 Å². The van der Waals surface area contributed by atoms with Crippen LogP contribution in [0.5, 0.6) is 0 Å². The van der Waals surface area contributed by atoms with Crippen LogP contribution >= 0.6 is 23.2 Å². The fraction of sp³-hybridized carbons (Fsp3) is 0.100. The smallest absolute Gasteiger partial charge is 0.186 e. The lowest BCUT2D eigenvalue weighted by Gasteiger charge is -2.15. The van der Waals surface area contributed by atoms with Crippen LogP contribution in [-0.4, -0.2) is 11.2 Å². The number of ketones is 1. The van der Waals surface area contributed by atoms with Gasteiger partial charge in [-0.2, -0.15) is 0 Å². The number of alkyl halides is 1. The van der Waals surface area contributed by atoms with Crippen LogP contribution in [0.15, 0.2) is 29.3 Å². The number of Topliss-reactive ketones (excluding diaryl/α,β-unsaturated/α-hetero) is 1. The molecule has 3 heteroatoms. The molecule has 13 heavy (non-hydrogen) atoms. The van der Waals surface area contributed by atoms with E-state index in [1.54, 1.807) is 12.1 Å². The van der Waals surface area contributed by atoms with Crippen LogP contribution in [0.3, 0.4) is 0 Å². The first-order valence-electron chi connectivity index (χ1n) is 3.84. The second-order valence-corrected chi connectivity index (χ2v) is 3.72. The number of rotatable bonds is 0. The van der Waals surface area contributed by atoms with E-state index in [1.165, 1.54) is 0 Å². The zero-order valence-corrected chi connectivity index (χ0v) is 8.14. The molecule has 0 bridgehead atoms. The second-order valence-electron chi connectivity index (χ2n) is 2.84. The van der Waals surface area contributed by atoms with Crippen molar-refractivity contribution in [2.24, 2.45) is 0 Å². The van der Waals surface area contributed by atoms with Gasteiger partial charge in [-0.3, -0.25) is 4.79 Å². The third kappa shape index (κ3) is 1.38. The van der Waals surface area contributed by atoms with Gasteiger partial charge in [0.25, 0.3) is 0 Å². The molecule has 1 nitrogen and oxygen atoms in total. The van der Waals surface area contributed by atoms with Gasteiger partial charge in [-0.1, -0.05) is 35.9 Å². The van der Waals surface area contributed by atoms with Gasteiger partial charge < -0.3 is 0 Å². The molecule has 1 aliphatic rings. The molecule has 0 aliphatic heterocycles. The average molecular weight is 213 g/mol. The van der Waals surface area contributed by atoms with E-state index in [0.717, 1.165) is 5.56 Å². The minimum atomic E-state index is -0.712. The molecule has 1 aromatic carbocycles. The lowest BCUT2D eigenvalue weighted by atomic mass is 9.96. The predicted octanol–water partition coefficient (Wildman–Crippen LogP) is 3.07. The maximum Gasteiger partial charge on any atom is 0.186 e. The summed E-state index contributed by atoms with van der Waals surface area (Å²) in [4.78, 5) is 11.6. The first kappa shape index (κ1) is 8.79. The molecule has 0 N–H and O–H groups in total. The zero-order valence-electron chi connectivity index (χ0n) is 6.63. The summed E-state index contributed by atoms with van der Waals surface area (Å²) >= 11 is 11.6. The van der Waals surface area contributed by atoms with Crippen molar-refractivity contribution in [1.29, 1.82) is 0 Å². The van der Waals surface area contributed by atoms with E-state index in [4.69, 9.17) is 23.2 Å². The van der Waals surface area contributed by atoms with E-state index < -0.39 is 5.38 Å². The van der Waals surface area contributed by atoms with E-state index in [9.17, 15) is 4.79 Å². The van der Waals surface area contributed by atoms with Gasteiger partial charge in [0.2, 0.25) is 0 Å². The number of fused-ring (bicyclic) bond motifs is 1. The molecule has 66 valence electrons. The molecule has 0 saturated heterocycles. The molecule has 0 fully saturated rings. The number of benzene rings is 1. The molecule has 0 aromatic heterocycles. The molecule has 0 heterocycles. The largest absolute Gasteiger partial charge is 0.292 e. The Hall–Kier alpha value is -0.790. The minimum Gasteiger partial charge on any atom is -0.292 e. The summed E-state index contributed by atoms with van der Waals surface area (Å²) < 4.78 is 0. The van der Waals surface area contributed by atoms with Crippen molar-refractivity contribution in [1.82, 2.24) is 0 Å². The topological polar surface area (TPSA) is 17.1 Å². The second kappa shape index (κ2) is 3.17. The van der Waals surface area contributed by atoms with E-state index in [1.807, 2.05) is 18.2 Å². The van der Waals surface area contributed by atoms with Crippen molar-refractivity contribution in [3.63, 3.8) is 0 Å². The summed E-state index contributed by atoms with van der Waals surface area (Å²) in [7, 11) is 0. The van der Waals surface area contributed by atoms with Crippen LogP contribution in [0.2, 0.25) is 0 Å². The fourth-order valence-electron chi connectivity index (χ4n) is 1.33. The first-order valence-corrected chi connectivity index (χ1v) is 4.66. The summed E-state index contributed by atoms with van der Waals surface area (Å²) in [5, 5.41) is -0.318. The normalized spacial score (nSPS) is 20.9. The molecular formula is C10H6Cl2O. The molecule has 2 rings (SSSR count). The quantitative estimate of drug-likeness (QED) is 0.605. The van der Waals surface area contributed by atoms with E-state index in [0.29, 0.717) is 10.6 Å². The lowest BCUT2D eigenvalue weighted by Crippen LogP contribution is -2.19. The molecule has 0 amide bonds. The highest BCUT2D eigenvalue weighted by molar-refractivity contribution is 6.47. The Bertz CT molecular complexity index is 396. The number of carbonyl (C=O) groups is 1. The fourth-order valence-corrected chi connectivity index (χ4v) is 1.73. The number of hydrogen-bond donors (Lipinski definition) is 0. The number of halogens is 2. The van der Waals surface area contributed by atoms with Crippen molar-refractivity contribution >= 4 is 35.1 Å². The molecule has 1 unspecified atom stereocenters. The van der Waals surface area contributed by atoms with Gasteiger partial charge in [-0.25, -0.2) is 0 Å². The monoisotopic (exact) mass is 212 g/mol. The molecular weight excluding hydrogens is 207 g/mol. The third-order valence-electron chi connectivity index (χ3n) is 1.99. The van der Waals surface area contributed by atoms with E-state index in [-0.39, 0.29) is 5.78 Å². The minimum absolute atomic E-state index is 0.121. The van der Waals surface area contributed by atoms with Crippen LogP contribution in [0.1, 0.15) is 15.9 Å². The summed E-state index contributed by atoms with van der Waals surface area (Å²) in [6.07, 6.45) is 1.73. The Kier molecular flexibility index (Phi) is 2.14. The van der Waals surface area contributed by atoms with Gasteiger partial charge in [0.15, 0.2) is 5.78 Å². The Labute approximate surface area is 86.0 Å². The van der Waals surface area contributed by atoms with Crippen LogP contribution in [-0.2, 0) is 0 Å². The van der Waals surface area contributed by atoms with Crippen LogP contribution in [0.25, 0.3) is 6.08 Å². The van der Waals surface area contributed by atoms with Crippen molar-refractivity contribution < 1.29 is 4.79 Å². The summed E-state index contributed by atoms with van der Waals surface area (Å²) in [6, 6.07) is 7.28. The van der Waals surface area contributed by atoms with Crippen molar-refractivity contribution in [2.45, 2.75) is 5.38 Å². The van der Waals surface area contributed by atoms with E-state index in [2.05, 4.69) is 0 Å². The SMILES string of the molecule is O=C1c2ccccc2C=C(Cl)C1Cl. The Balaban J connectivity index is 2.63. The molecule has 0 spiro atoms. The molecule has 0 saturated carbocycles. The maximum absolute atomic E-state index is 11.6. The number of carbonyl (C=O) groups excluding carboxylic acids is 1. The maximum atomic E-state index is 11.6. The van der Waals surface area contributed by atoms with Gasteiger partial charge >= 0.3 is 0 Å². The molecule has 1 aromatic rings. The number of hydrogen-bond acceptors (Lipinski definition) is 1. The third-order valence-corrected chi connectivity index (χ3v) is 2.86. The molecule has 1 aliphatic carbocycles. The summed E-state index contributed by atoms with van der Waals surface area (Å²) in [6.45, 7) is 0. The number of allylic oxidation sites excluding steroid dienone is 1. The first-order chi connectivity index (χ1) is 6.20. The van der Waals surface area contributed by atoms with Gasteiger partial charge in [0.05, 0.1) is 0 Å². The van der Waals surface area contributed by atoms with E-state index >= 15 is 0 Å². The highest BCUT2D eigenvalue weighted by Gasteiger charge is 2.26. The average Bonchev–Trinajstić information content (AvgIpc) is 2.15. The zero-order chi connectivity index (χ0) is 9.42. The Morgan fingerprint density at radius 1 is 1.23 bits per heavy atom. The lowest BCUT2D eigenvalue weighted by molar-refractivity contribution is 0.0996. The molecule has 1 atom stereocenters. The summed E-state index contributed by atoms with van der Waals surface area (Å²) in [5.41, 5.74) is 1.49. The van der Waals surface area contributed by atoms with Gasteiger partial charge in [-0.15, -0.1) is 11.6 Å². The highest BCUT2D eigenvalue weighted by Crippen LogP contribution is 2.29. The van der Waals surface area contributed by atoms with Crippen LogP contribution < -0.4 is 0 Å². The van der Waals surface area contributed by atoms with Crippen molar-refractivity contribution in [2.75, 3.05) is 0 Å². The van der Waals surface area contributed by atoms with Gasteiger partial charge in [-0.05, 0) is 11.6 Å². The predicted molar refractivity (Wildman–Crippen MR) is 54.2 cm³/mol. The Morgan fingerprint density at radius 3 is 2.69 bits per heavy atom. The van der Waals surface area contributed by atoms with Crippen LogP contribution in [0.4, 0.5) is 0 Å². The summed E-state index contributed by atoms with van der Waals surface area (Å²) in [5.74, 6) is -0.121. The molecule has 0 radical (unpaired) electrons. The van der Waals surface area contributed by atoms with Crippen molar-refractivity contribution in [3.05, 3.63) is 40.4 Å². The highest BCUT2D eigenvalue weighted by atomic mass is 35.5. The van der Waals surface area contributed by atoms with Crippen molar-refractivity contribution in [3.8, 4) is 0 Å².